The van der Waals surface area contributed by atoms with Crippen LogP contribution in [0.4, 0.5) is 0 Å². The molecule has 0 radical (unpaired) electrons. The molecule has 0 spiro atoms. The Morgan fingerprint density at radius 1 is 0.339 bits per heavy atom. The van der Waals surface area contributed by atoms with Gasteiger partial charge in [-0.3, -0.25) is 38.4 Å². The van der Waals surface area contributed by atoms with E-state index >= 15 is 0 Å². The Morgan fingerprint density at radius 3 is 0.903 bits per heavy atom. The number of unbranched alkanes of at least 4 members (excludes halogenated alkanes) is 8. The van der Waals surface area contributed by atoms with Crippen LogP contribution in [0.1, 0.15) is 158 Å². The number of amides is 8. The molecule has 1 heterocycles. The summed E-state index contributed by atoms with van der Waals surface area (Å²) in [6, 6.07) is -8.05. The van der Waals surface area contributed by atoms with E-state index in [1.807, 2.05) is 27.7 Å². The third-order valence-corrected chi connectivity index (χ3v) is 13.0. The fourth-order valence-corrected chi connectivity index (χ4v) is 7.74. The number of nitrogens with zero attached hydrogens (tertiary/aromatic N) is 6. The topological polar surface area (TPSA) is 180 Å². The molecule has 1 fully saturated rings. The van der Waals surface area contributed by atoms with Crippen LogP contribution >= 0.6 is 0 Å². The first kappa shape index (κ1) is 55.8. The zero-order valence-electron chi connectivity index (χ0n) is 40.9. The highest BCUT2D eigenvalue weighted by atomic mass is 16.2. The number of carbonyl (C=O) groups excluding carboxylic acids is 8. The lowest BCUT2D eigenvalue weighted by molar-refractivity contribution is -0.155. The van der Waals surface area contributed by atoms with E-state index in [-0.39, 0.29) is 0 Å². The maximum absolute atomic E-state index is 14.4. The fourth-order valence-electron chi connectivity index (χ4n) is 7.74. The van der Waals surface area contributed by atoms with E-state index in [4.69, 9.17) is 0 Å². The molecule has 0 aromatic rings. The van der Waals surface area contributed by atoms with Crippen LogP contribution in [0.2, 0.25) is 0 Å². The number of likely N-dealkylation sites (N-methyl/N-ethyl adjacent to an activating group) is 6. The first-order valence-electron chi connectivity index (χ1n) is 23.4. The van der Waals surface area contributed by atoms with Gasteiger partial charge in [-0.15, -0.1) is 0 Å². The fraction of sp³-hybridized carbons (Fsp3) is 0.826. The maximum atomic E-state index is 14.4. The van der Waals surface area contributed by atoms with Gasteiger partial charge in [0.15, 0.2) is 0 Å². The van der Waals surface area contributed by atoms with Crippen molar-refractivity contribution in [3.8, 4) is 0 Å². The number of carbonyl (C=O) groups is 8. The number of nitrogens with one attached hydrogen (secondary N) is 2. The second-order valence-corrected chi connectivity index (χ2v) is 17.5. The first-order chi connectivity index (χ1) is 29.2. The van der Waals surface area contributed by atoms with Crippen molar-refractivity contribution in [2.75, 3.05) is 42.3 Å². The first-order valence-corrected chi connectivity index (χ1v) is 23.4. The molecule has 0 bridgehead atoms. The third kappa shape index (κ3) is 15.5. The van der Waals surface area contributed by atoms with Gasteiger partial charge in [-0.05, 0) is 53.4 Å². The van der Waals surface area contributed by atoms with Crippen LogP contribution < -0.4 is 10.6 Å². The molecule has 1 saturated heterocycles. The van der Waals surface area contributed by atoms with Crippen molar-refractivity contribution in [1.82, 2.24) is 40.0 Å². The van der Waals surface area contributed by atoms with E-state index in [1.165, 1.54) is 71.7 Å². The summed E-state index contributed by atoms with van der Waals surface area (Å²) in [7, 11) is 9.05. The minimum atomic E-state index is -1.04. The Morgan fingerprint density at radius 2 is 0.597 bits per heavy atom. The smallest absolute Gasteiger partial charge is 0.245 e. The summed E-state index contributed by atoms with van der Waals surface area (Å²) in [6.07, 6.45) is 10.5. The van der Waals surface area contributed by atoms with E-state index in [0.717, 1.165) is 51.4 Å². The minimum Gasteiger partial charge on any atom is -0.343 e. The van der Waals surface area contributed by atoms with Crippen LogP contribution in [-0.2, 0) is 38.4 Å². The average Bonchev–Trinajstić information content (AvgIpc) is 3.26. The van der Waals surface area contributed by atoms with Crippen LogP contribution in [-0.4, -0.2) is 167 Å². The van der Waals surface area contributed by atoms with E-state index in [2.05, 4.69) is 10.6 Å². The molecule has 16 nitrogen and oxygen atoms in total. The van der Waals surface area contributed by atoms with Crippen molar-refractivity contribution in [1.29, 1.82) is 0 Å². The van der Waals surface area contributed by atoms with Gasteiger partial charge < -0.3 is 40.0 Å². The van der Waals surface area contributed by atoms with E-state index in [0.29, 0.717) is 51.4 Å². The highest BCUT2D eigenvalue weighted by Crippen LogP contribution is 2.20. The lowest BCUT2D eigenvalue weighted by Gasteiger charge is -2.39. The largest absolute Gasteiger partial charge is 0.343 e. The second-order valence-electron chi connectivity index (χ2n) is 17.5. The zero-order chi connectivity index (χ0) is 47.4. The molecule has 356 valence electrons. The summed E-state index contributed by atoms with van der Waals surface area (Å²) >= 11 is 0. The van der Waals surface area contributed by atoms with Crippen molar-refractivity contribution in [3.63, 3.8) is 0 Å². The van der Waals surface area contributed by atoms with Gasteiger partial charge in [0.05, 0.1) is 0 Å². The van der Waals surface area contributed by atoms with E-state index in [9.17, 15) is 38.4 Å². The standard InChI is InChI=1S/C46H84N8O8/c1-15-19-23-27-35-43(59)49(9)31(5)39(55)48-36(28-24-20-16-2)44(60)51(11)33(7)41(57)54(14)38(30-26-22-18-4)46(62)52(12)34(8)42(58)53(13)37(29-25-21-17-3)45(61)50(10)32(6)40(56)47-35/h31-38H,15-30H2,1-14H3,(H,47,56)(H,48,55)/t31-,32-,33-,34-,35+,36+,37+,38+/m1/s1. The van der Waals surface area contributed by atoms with Crippen LogP contribution in [0.25, 0.3) is 0 Å². The molecule has 0 aliphatic carbocycles. The third-order valence-electron chi connectivity index (χ3n) is 13.0. The van der Waals surface area contributed by atoms with Gasteiger partial charge in [0, 0.05) is 42.3 Å². The molecule has 2 N–H and O–H groups in total. The number of hydrogen-bond donors (Lipinski definition) is 2. The Kier molecular flexibility index (Phi) is 25.0. The monoisotopic (exact) mass is 877 g/mol. The van der Waals surface area contributed by atoms with E-state index < -0.39 is 95.6 Å². The summed E-state index contributed by atoms with van der Waals surface area (Å²) in [5.74, 6) is -4.00. The molecule has 8 amide bonds. The zero-order valence-corrected chi connectivity index (χ0v) is 40.9. The summed E-state index contributed by atoms with van der Waals surface area (Å²) < 4.78 is 0. The Bertz CT molecular complexity index is 1490. The predicted octanol–water partition coefficient (Wildman–Crippen LogP) is 4.33. The molecule has 1 aliphatic heterocycles. The lowest BCUT2D eigenvalue weighted by atomic mass is 10.0. The lowest BCUT2D eigenvalue weighted by Crippen LogP contribution is -2.61. The van der Waals surface area contributed by atoms with Gasteiger partial charge in [0.2, 0.25) is 47.3 Å². The van der Waals surface area contributed by atoms with Crippen LogP contribution in [0.5, 0.6) is 0 Å². The Labute approximate surface area is 373 Å². The van der Waals surface area contributed by atoms with Gasteiger partial charge in [-0.1, -0.05) is 105 Å². The molecule has 0 aromatic carbocycles. The Hall–Kier alpha value is -4.24. The number of hydrogen-bond acceptors (Lipinski definition) is 8. The quantitative estimate of drug-likeness (QED) is 0.215. The van der Waals surface area contributed by atoms with Crippen molar-refractivity contribution in [2.24, 2.45) is 0 Å². The molecule has 1 rings (SSSR count). The molecule has 1 aliphatic rings. The molecule has 0 unspecified atom stereocenters. The van der Waals surface area contributed by atoms with Crippen LogP contribution in [0.15, 0.2) is 0 Å². The molecule has 0 saturated carbocycles. The summed E-state index contributed by atoms with van der Waals surface area (Å²) in [6.45, 7) is 14.4. The van der Waals surface area contributed by atoms with Crippen molar-refractivity contribution in [2.45, 2.75) is 206 Å². The molecule has 62 heavy (non-hydrogen) atoms. The van der Waals surface area contributed by atoms with Gasteiger partial charge in [0.25, 0.3) is 0 Å². The van der Waals surface area contributed by atoms with Gasteiger partial charge in [0.1, 0.15) is 48.3 Å². The van der Waals surface area contributed by atoms with E-state index in [1.54, 1.807) is 27.7 Å². The molecular formula is C46H84N8O8. The SMILES string of the molecule is CCCCC[C@@H]1NC(=O)[C@@H](C)N(C)C(=O)[C@H](CCCCC)N(C)C(=O)[C@@H](C)N(C)C(=O)[C@H](CCCCC)N(C)C(=O)[C@@H](C)N(C)C(=O)[C@H](CCCCC)NC(=O)[C@@H](C)N(C)C1=O. The average molecular weight is 877 g/mol. The van der Waals surface area contributed by atoms with Crippen molar-refractivity contribution < 1.29 is 38.4 Å². The molecule has 8 atom stereocenters. The van der Waals surface area contributed by atoms with Crippen molar-refractivity contribution >= 4 is 47.3 Å². The summed E-state index contributed by atoms with van der Waals surface area (Å²) in [5, 5.41) is 5.72. The summed E-state index contributed by atoms with van der Waals surface area (Å²) in [4.78, 5) is 121. The van der Waals surface area contributed by atoms with Crippen LogP contribution in [0, 0.1) is 0 Å². The normalized spacial score (nSPS) is 26.6. The van der Waals surface area contributed by atoms with Crippen molar-refractivity contribution in [3.05, 3.63) is 0 Å². The molecule has 0 aromatic heterocycles. The maximum Gasteiger partial charge on any atom is 0.245 e. The predicted molar refractivity (Wildman–Crippen MR) is 242 cm³/mol. The molecular weight excluding hydrogens is 793 g/mol. The Balaban J connectivity index is 3.95. The second kappa shape index (κ2) is 27.7. The number of rotatable bonds is 16. The van der Waals surface area contributed by atoms with Gasteiger partial charge in [-0.2, -0.15) is 0 Å². The van der Waals surface area contributed by atoms with Gasteiger partial charge >= 0.3 is 0 Å². The molecule has 16 heteroatoms. The summed E-state index contributed by atoms with van der Waals surface area (Å²) in [5.41, 5.74) is 0. The van der Waals surface area contributed by atoms with Gasteiger partial charge in [-0.25, -0.2) is 0 Å². The highest BCUT2D eigenvalue weighted by Gasteiger charge is 2.41. The highest BCUT2D eigenvalue weighted by molar-refractivity contribution is 5.98. The van der Waals surface area contributed by atoms with Crippen LogP contribution in [0.3, 0.4) is 0 Å². The minimum absolute atomic E-state index is 0.297.